The van der Waals surface area contributed by atoms with Crippen molar-refractivity contribution in [3.63, 3.8) is 0 Å². The average molecular weight is 311 g/mol. The molecule has 0 amide bonds. The van der Waals surface area contributed by atoms with Crippen LogP contribution in [0.2, 0.25) is 0 Å². The molecule has 0 radical (unpaired) electrons. The largest absolute Gasteiger partial charge is 0.491 e. The van der Waals surface area contributed by atoms with Gasteiger partial charge in [-0.3, -0.25) is 4.98 Å². The number of hydrogen-bond donors (Lipinski definition) is 0. The molecule has 3 nitrogen and oxygen atoms in total. The summed E-state index contributed by atoms with van der Waals surface area (Å²) in [6.07, 6.45) is 3.39. The number of aromatic nitrogens is 1. The standard InChI is InChI=1S/C19H18FNO2/c20-16-9-1-2-10-17(16)22-13-3-4-14-23-18-11-5-7-15-8-6-12-21-19(15)18/h1-2,5-12H,3-4,13-14H2. The zero-order valence-electron chi connectivity index (χ0n) is 12.7. The number of hydrogen-bond acceptors (Lipinski definition) is 3. The van der Waals surface area contributed by atoms with Crippen molar-refractivity contribution in [2.24, 2.45) is 0 Å². The van der Waals surface area contributed by atoms with Crippen LogP contribution in [0.25, 0.3) is 10.9 Å². The number of nitrogens with zero attached hydrogens (tertiary/aromatic N) is 1. The van der Waals surface area contributed by atoms with Crippen molar-refractivity contribution in [2.45, 2.75) is 12.8 Å². The second-order valence-corrected chi connectivity index (χ2v) is 5.17. The summed E-state index contributed by atoms with van der Waals surface area (Å²) in [5.41, 5.74) is 0.873. The Kier molecular flexibility index (Phi) is 5.04. The Balaban J connectivity index is 1.44. The van der Waals surface area contributed by atoms with Gasteiger partial charge in [0.15, 0.2) is 11.6 Å². The Morgan fingerprint density at radius 3 is 2.30 bits per heavy atom. The molecule has 0 aliphatic rings. The highest BCUT2D eigenvalue weighted by Gasteiger charge is 2.03. The topological polar surface area (TPSA) is 31.4 Å². The van der Waals surface area contributed by atoms with E-state index in [2.05, 4.69) is 4.98 Å². The van der Waals surface area contributed by atoms with Crippen LogP contribution in [0.5, 0.6) is 11.5 Å². The molecule has 0 fully saturated rings. The van der Waals surface area contributed by atoms with Crippen molar-refractivity contribution in [2.75, 3.05) is 13.2 Å². The zero-order chi connectivity index (χ0) is 15.9. The first-order valence-corrected chi connectivity index (χ1v) is 7.68. The number of pyridine rings is 1. The summed E-state index contributed by atoms with van der Waals surface area (Å²) in [7, 11) is 0. The van der Waals surface area contributed by atoms with E-state index in [9.17, 15) is 4.39 Å². The fourth-order valence-corrected chi connectivity index (χ4v) is 2.32. The Hall–Kier alpha value is -2.62. The van der Waals surface area contributed by atoms with E-state index in [1.54, 1.807) is 24.4 Å². The number of rotatable bonds is 7. The van der Waals surface area contributed by atoms with E-state index < -0.39 is 0 Å². The summed E-state index contributed by atoms with van der Waals surface area (Å²) in [5, 5.41) is 1.06. The van der Waals surface area contributed by atoms with Gasteiger partial charge in [-0.15, -0.1) is 0 Å². The maximum absolute atomic E-state index is 13.4. The number of para-hydroxylation sites is 2. The first-order chi connectivity index (χ1) is 11.3. The number of unbranched alkanes of at least 4 members (excludes halogenated alkanes) is 1. The van der Waals surface area contributed by atoms with E-state index in [-0.39, 0.29) is 5.82 Å². The number of halogens is 1. The second kappa shape index (κ2) is 7.58. The highest BCUT2D eigenvalue weighted by molar-refractivity contribution is 5.84. The lowest BCUT2D eigenvalue weighted by Crippen LogP contribution is -2.03. The third kappa shape index (κ3) is 3.97. The molecule has 0 saturated heterocycles. The van der Waals surface area contributed by atoms with Crippen LogP contribution in [-0.2, 0) is 0 Å². The van der Waals surface area contributed by atoms with Crippen molar-refractivity contribution in [1.82, 2.24) is 4.98 Å². The van der Waals surface area contributed by atoms with E-state index in [1.165, 1.54) is 6.07 Å². The molecule has 0 atom stereocenters. The first-order valence-electron chi connectivity index (χ1n) is 7.68. The summed E-state index contributed by atoms with van der Waals surface area (Å²) < 4.78 is 24.6. The minimum absolute atomic E-state index is 0.298. The molecule has 0 N–H and O–H groups in total. The van der Waals surface area contributed by atoms with Gasteiger partial charge in [-0.1, -0.05) is 30.3 Å². The quantitative estimate of drug-likeness (QED) is 0.597. The molecular weight excluding hydrogens is 293 g/mol. The monoisotopic (exact) mass is 311 g/mol. The fourth-order valence-electron chi connectivity index (χ4n) is 2.32. The van der Waals surface area contributed by atoms with Gasteiger partial charge in [-0.05, 0) is 37.1 Å². The molecule has 1 aromatic heterocycles. The van der Waals surface area contributed by atoms with Crippen LogP contribution in [-0.4, -0.2) is 18.2 Å². The van der Waals surface area contributed by atoms with Crippen molar-refractivity contribution in [1.29, 1.82) is 0 Å². The summed E-state index contributed by atoms with van der Waals surface area (Å²) in [5.74, 6) is 0.760. The third-order valence-corrected chi connectivity index (χ3v) is 3.49. The van der Waals surface area contributed by atoms with E-state index in [4.69, 9.17) is 9.47 Å². The minimum atomic E-state index is -0.328. The Morgan fingerprint density at radius 2 is 1.48 bits per heavy atom. The Labute approximate surface area is 134 Å². The summed E-state index contributed by atoms with van der Waals surface area (Å²) in [6.45, 7) is 1.05. The third-order valence-electron chi connectivity index (χ3n) is 3.49. The Bertz CT molecular complexity index is 771. The van der Waals surface area contributed by atoms with Crippen LogP contribution in [0.3, 0.4) is 0 Å². The van der Waals surface area contributed by atoms with Gasteiger partial charge in [0, 0.05) is 11.6 Å². The van der Waals surface area contributed by atoms with Gasteiger partial charge in [0.25, 0.3) is 0 Å². The molecule has 2 aromatic carbocycles. The predicted molar refractivity (Wildman–Crippen MR) is 88.4 cm³/mol. The second-order valence-electron chi connectivity index (χ2n) is 5.17. The molecule has 3 aromatic rings. The van der Waals surface area contributed by atoms with Crippen LogP contribution in [0, 0.1) is 5.82 Å². The van der Waals surface area contributed by atoms with Crippen LogP contribution in [0.15, 0.2) is 60.8 Å². The molecular formula is C19H18FNO2. The summed E-state index contributed by atoms with van der Waals surface area (Å²) >= 11 is 0. The van der Waals surface area contributed by atoms with Gasteiger partial charge in [-0.25, -0.2) is 4.39 Å². The molecule has 1 heterocycles. The van der Waals surface area contributed by atoms with E-state index >= 15 is 0 Å². The molecule has 118 valence electrons. The molecule has 0 unspecified atom stereocenters. The number of ether oxygens (including phenoxy) is 2. The van der Waals surface area contributed by atoms with Gasteiger partial charge < -0.3 is 9.47 Å². The predicted octanol–water partition coefficient (Wildman–Crippen LogP) is 4.61. The molecule has 0 aliphatic heterocycles. The van der Waals surface area contributed by atoms with Gasteiger partial charge in [-0.2, -0.15) is 0 Å². The molecule has 0 saturated carbocycles. The summed E-state index contributed by atoms with van der Waals surface area (Å²) in [4.78, 5) is 4.35. The first kappa shape index (κ1) is 15.3. The van der Waals surface area contributed by atoms with Gasteiger partial charge in [0.05, 0.1) is 13.2 Å². The van der Waals surface area contributed by atoms with Gasteiger partial charge in [0.1, 0.15) is 11.3 Å². The SMILES string of the molecule is Fc1ccccc1OCCCCOc1cccc2cccnc12. The normalized spacial score (nSPS) is 10.7. The van der Waals surface area contributed by atoms with Crippen LogP contribution in [0.1, 0.15) is 12.8 Å². The average Bonchev–Trinajstić information content (AvgIpc) is 2.59. The molecule has 23 heavy (non-hydrogen) atoms. The van der Waals surface area contributed by atoms with E-state index in [0.717, 1.165) is 29.5 Å². The van der Waals surface area contributed by atoms with Crippen molar-refractivity contribution >= 4 is 10.9 Å². The molecule has 0 bridgehead atoms. The van der Waals surface area contributed by atoms with E-state index in [0.29, 0.717) is 19.0 Å². The van der Waals surface area contributed by atoms with Gasteiger partial charge >= 0.3 is 0 Å². The van der Waals surface area contributed by atoms with Crippen molar-refractivity contribution < 1.29 is 13.9 Å². The molecule has 4 heteroatoms. The maximum atomic E-state index is 13.4. The highest BCUT2D eigenvalue weighted by atomic mass is 19.1. The van der Waals surface area contributed by atoms with Crippen LogP contribution >= 0.6 is 0 Å². The zero-order valence-corrected chi connectivity index (χ0v) is 12.7. The smallest absolute Gasteiger partial charge is 0.165 e. The number of fused-ring (bicyclic) bond motifs is 1. The lowest BCUT2D eigenvalue weighted by atomic mass is 10.2. The minimum Gasteiger partial charge on any atom is -0.491 e. The van der Waals surface area contributed by atoms with Crippen molar-refractivity contribution in [3.8, 4) is 11.5 Å². The van der Waals surface area contributed by atoms with E-state index in [1.807, 2.05) is 30.3 Å². The molecule has 0 spiro atoms. The van der Waals surface area contributed by atoms with Crippen LogP contribution in [0.4, 0.5) is 4.39 Å². The molecule has 3 rings (SSSR count). The Morgan fingerprint density at radius 1 is 0.783 bits per heavy atom. The lowest BCUT2D eigenvalue weighted by molar-refractivity contribution is 0.261. The highest BCUT2D eigenvalue weighted by Crippen LogP contribution is 2.23. The number of benzene rings is 2. The van der Waals surface area contributed by atoms with Crippen LogP contribution < -0.4 is 9.47 Å². The van der Waals surface area contributed by atoms with Gasteiger partial charge in [0.2, 0.25) is 0 Å². The molecule has 0 aliphatic carbocycles. The van der Waals surface area contributed by atoms with Crippen molar-refractivity contribution in [3.05, 3.63) is 66.6 Å². The lowest BCUT2D eigenvalue weighted by Gasteiger charge is -2.09. The fraction of sp³-hybridized carbons (Fsp3) is 0.211. The summed E-state index contributed by atoms with van der Waals surface area (Å²) in [6, 6.07) is 16.2. The maximum Gasteiger partial charge on any atom is 0.165 e.